The average molecular weight is 346 g/mol. The highest BCUT2D eigenvalue weighted by atomic mass is 79.9. The Labute approximate surface area is 132 Å². The molecule has 1 N–H and O–H groups in total. The molecule has 108 valence electrons. The summed E-state index contributed by atoms with van der Waals surface area (Å²) in [4.78, 5) is 4.53. The first-order valence-corrected chi connectivity index (χ1v) is 7.54. The molecule has 0 radical (unpaired) electrons. The lowest BCUT2D eigenvalue weighted by atomic mass is 9.85. The van der Waals surface area contributed by atoms with Crippen LogP contribution in [0.15, 0.2) is 47.6 Å². The van der Waals surface area contributed by atoms with Crippen molar-refractivity contribution in [3.8, 4) is 5.75 Å². The van der Waals surface area contributed by atoms with Gasteiger partial charge in [0, 0.05) is 11.1 Å². The SMILES string of the molecule is C=C(c1ccccc1)c1cc2c(c(Br)n1)OC[C@]2(C)CO. The third kappa shape index (κ3) is 2.39. The fourth-order valence-corrected chi connectivity index (χ4v) is 2.99. The highest BCUT2D eigenvalue weighted by molar-refractivity contribution is 9.10. The fourth-order valence-electron chi connectivity index (χ4n) is 2.47. The summed E-state index contributed by atoms with van der Waals surface area (Å²) in [7, 11) is 0. The summed E-state index contributed by atoms with van der Waals surface area (Å²) in [5, 5.41) is 9.67. The maximum Gasteiger partial charge on any atom is 0.156 e. The van der Waals surface area contributed by atoms with Crippen molar-refractivity contribution in [1.29, 1.82) is 0 Å². The first-order valence-electron chi connectivity index (χ1n) is 6.74. The van der Waals surface area contributed by atoms with Gasteiger partial charge in [-0.3, -0.25) is 0 Å². The second kappa shape index (κ2) is 5.28. The molecule has 0 saturated heterocycles. The number of benzene rings is 1. The van der Waals surface area contributed by atoms with Crippen LogP contribution in [0.4, 0.5) is 0 Å². The van der Waals surface area contributed by atoms with Gasteiger partial charge in [0.15, 0.2) is 5.75 Å². The topological polar surface area (TPSA) is 42.4 Å². The number of aliphatic hydroxyl groups excluding tert-OH is 1. The second-order valence-electron chi connectivity index (χ2n) is 5.53. The molecule has 3 rings (SSSR count). The Bertz CT molecular complexity index is 699. The molecule has 1 aromatic heterocycles. The molecule has 0 bridgehead atoms. The number of fused-ring (bicyclic) bond motifs is 1. The molecule has 0 fully saturated rings. The van der Waals surface area contributed by atoms with Gasteiger partial charge in [-0.25, -0.2) is 4.98 Å². The van der Waals surface area contributed by atoms with Crippen LogP contribution in [0.3, 0.4) is 0 Å². The van der Waals surface area contributed by atoms with Gasteiger partial charge < -0.3 is 9.84 Å². The lowest BCUT2D eigenvalue weighted by Gasteiger charge is -2.19. The van der Waals surface area contributed by atoms with Crippen LogP contribution in [0.25, 0.3) is 5.57 Å². The van der Waals surface area contributed by atoms with E-state index in [1.165, 1.54) is 0 Å². The van der Waals surface area contributed by atoms with Crippen molar-refractivity contribution >= 4 is 21.5 Å². The van der Waals surface area contributed by atoms with Crippen LogP contribution in [0, 0.1) is 0 Å². The zero-order valence-electron chi connectivity index (χ0n) is 11.8. The van der Waals surface area contributed by atoms with Gasteiger partial charge in [-0.05, 0) is 34.5 Å². The van der Waals surface area contributed by atoms with Crippen molar-refractivity contribution < 1.29 is 9.84 Å². The molecule has 0 saturated carbocycles. The number of aliphatic hydroxyl groups is 1. The van der Waals surface area contributed by atoms with E-state index in [9.17, 15) is 5.11 Å². The Morgan fingerprint density at radius 3 is 2.81 bits per heavy atom. The summed E-state index contributed by atoms with van der Waals surface area (Å²) < 4.78 is 6.33. The maximum atomic E-state index is 9.67. The number of hydrogen-bond acceptors (Lipinski definition) is 3. The van der Waals surface area contributed by atoms with Gasteiger partial charge in [-0.1, -0.05) is 36.9 Å². The van der Waals surface area contributed by atoms with Crippen molar-refractivity contribution in [2.75, 3.05) is 13.2 Å². The molecule has 2 aromatic rings. The van der Waals surface area contributed by atoms with Gasteiger partial charge in [0.25, 0.3) is 0 Å². The predicted octanol–water partition coefficient (Wildman–Crippen LogP) is 3.55. The van der Waals surface area contributed by atoms with Crippen LogP contribution in [0.5, 0.6) is 5.75 Å². The van der Waals surface area contributed by atoms with Crippen LogP contribution < -0.4 is 4.74 Å². The number of ether oxygens (including phenoxy) is 1. The van der Waals surface area contributed by atoms with Gasteiger partial charge in [0.05, 0.1) is 17.7 Å². The molecule has 3 nitrogen and oxygen atoms in total. The summed E-state index contributed by atoms with van der Waals surface area (Å²) in [5.74, 6) is 0.719. The van der Waals surface area contributed by atoms with Gasteiger partial charge in [0.2, 0.25) is 0 Å². The summed E-state index contributed by atoms with van der Waals surface area (Å²) in [6.45, 7) is 6.63. The minimum Gasteiger partial charge on any atom is -0.489 e. The van der Waals surface area contributed by atoms with E-state index in [2.05, 4.69) is 27.5 Å². The van der Waals surface area contributed by atoms with E-state index in [0.717, 1.165) is 28.1 Å². The number of nitrogens with zero attached hydrogens (tertiary/aromatic N) is 1. The van der Waals surface area contributed by atoms with Gasteiger partial charge in [-0.2, -0.15) is 0 Å². The molecular formula is C17H16BrNO2. The third-order valence-electron chi connectivity index (χ3n) is 3.90. The van der Waals surface area contributed by atoms with Crippen LogP contribution in [-0.2, 0) is 5.41 Å². The van der Waals surface area contributed by atoms with Gasteiger partial charge in [-0.15, -0.1) is 0 Å². The van der Waals surface area contributed by atoms with Crippen LogP contribution in [0.2, 0.25) is 0 Å². The molecule has 0 aliphatic carbocycles. The molecule has 1 atom stereocenters. The Hall–Kier alpha value is -1.65. The highest BCUT2D eigenvalue weighted by Gasteiger charge is 2.38. The minimum absolute atomic E-state index is 0.0354. The first-order chi connectivity index (χ1) is 10.0. The van der Waals surface area contributed by atoms with Crippen molar-refractivity contribution in [2.45, 2.75) is 12.3 Å². The molecule has 0 spiro atoms. The summed E-state index contributed by atoms with van der Waals surface area (Å²) in [6.07, 6.45) is 0. The number of halogens is 1. The number of pyridine rings is 1. The largest absolute Gasteiger partial charge is 0.489 e. The van der Waals surface area contributed by atoms with E-state index in [-0.39, 0.29) is 6.61 Å². The normalized spacial score (nSPS) is 20.0. The van der Waals surface area contributed by atoms with Gasteiger partial charge >= 0.3 is 0 Å². The molecule has 1 aromatic carbocycles. The quantitative estimate of drug-likeness (QED) is 0.865. The van der Waals surface area contributed by atoms with Crippen molar-refractivity contribution in [3.63, 3.8) is 0 Å². The van der Waals surface area contributed by atoms with Crippen LogP contribution in [0.1, 0.15) is 23.7 Å². The lowest BCUT2D eigenvalue weighted by Crippen LogP contribution is -2.28. The van der Waals surface area contributed by atoms with E-state index >= 15 is 0 Å². The molecule has 2 heterocycles. The monoisotopic (exact) mass is 345 g/mol. The molecule has 1 aliphatic rings. The summed E-state index contributed by atoms with van der Waals surface area (Å²) >= 11 is 3.46. The molecule has 0 amide bonds. The lowest BCUT2D eigenvalue weighted by molar-refractivity contribution is 0.171. The Balaban J connectivity index is 2.09. The van der Waals surface area contributed by atoms with Crippen molar-refractivity contribution in [1.82, 2.24) is 4.98 Å². The minimum atomic E-state index is -0.396. The highest BCUT2D eigenvalue weighted by Crippen LogP contribution is 2.43. The van der Waals surface area contributed by atoms with E-state index in [1.807, 2.05) is 43.3 Å². The van der Waals surface area contributed by atoms with Crippen LogP contribution in [-0.4, -0.2) is 23.3 Å². The molecule has 21 heavy (non-hydrogen) atoms. The van der Waals surface area contributed by atoms with E-state index in [0.29, 0.717) is 11.2 Å². The van der Waals surface area contributed by atoms with E-state index in [1.54, 1.807) is 0 Å². The van der Waals surface area contributed by atoms with E-state index in [4.69, 9.17) is 4.74 Å². The Morgan fingerprint density at radius 1 is 1.43 bits per heavy atom. The standard InChI is InChI=1S/C17H16BrNO2/c1-11(12-6-4-3-5-7-12)14-8-13-15(16(18)19-14)21-10-17(13,2)9-20/h3-8,20H,1,9-10H2,2H3/t17-/m0/s1. The zero-order chi connectivity index (χ0) is 15.0. The Kier molecular flexibility index (Phi) is 3.59. The number of hydrogen-bond donors (Lipinski definition) is 1. The molecule has 0 unspecified atom stereocenters. The Morgan fingerprint density at radius 2 is 2.14 bits per heavy atom. The second-order valence-corrected chi connectivity index (χ2v) is 6.28. The molecule has 4 heteroatoms. The summed E-state index contributed by atoms with van der Waals surface area (Å²) in [5.41, 5.74) is 3.25. The molecule has 1 aliphatic heterocycles. The third-order valence-corrected chi connectivity index (χ3v) is 4.43. The fraction of sp³-hybridized carbons (Fsp3) is 0.235. The summed E-state index contributed by atoms with van der Waals surface area (Å²) in [6, 6.07) is 11.9. The smallest absolute Gasteiger partial charge is 0.156 e. The maximum absolute atomic E-state index is 9.67. The predicted molar refractivity (Wildman–Crippen MR) is 86.4 cm³/mol. The zero-order valence-corrected chi connectivity index (χ0v) is 13.4. The number of aromatic nitrogens is 1. The van der Waals surface area contributed by atoms with Crippen molar-refractivity contribution in [2.24, 2.45) is 0 Å². The average Bonchev–Trinajstić information content (AvgIpc) is 2.86. The van der Waals surface area contributed by atoms with E-state index < -0.39 is 5.41 Å². The van der Waals surface area contributed by atoms with Gasteiger partial charge in [0.1, 0.15) is 11.2 Å². The van der Waals surface area contributed by atoms with Crippen LogP contribution >= 0.6 is 15.9 Å². The number of rotatable bonds is 3. The first kappa shape index (κ1) is 14.3. The van der Waals surface area contributed by atoms with Crippen molar-refractivity contribution in [3.05, 3.63) is 64.4 Å². The molecular weight excluding hydrogens is 330 g/mol.